The van der Waals surface area contributed by atoms with Crippen LogP contribution in [0.1, 0.15) is 12.0 Å². The second kappa shape index (κ2) is 9.41. The van der Waals surface area contributed by atoms with E-state index in [0.29, 0.717) is 5.92 Å². The van der Waals surface area contributed by atoms with E-state index >= 15 is 0 Å². The van der Waals surface area contributed by atoms with Crippen molar-refractivity contribution < 1.29 is 0 Å². The monoisotopic (exact) mass is 546 g/mol. The lowest BCUT2D eigenvalue weighted by atomic mass is 9.74. The van der Waals surface area contributed by atoms with Crippen LogP contribution in [0.15, 0.2) is 164 Å². The first-order chi connectivity index (χ1) is 21.4. The Kier molecular flexibility index (Phi) is 5.34. The minimum Gasteiger partial charge on any atom is -0.0802 e. The van der Waals surface area contributed by atoms with Crippen molar-refractivity contribution >= 4 is 32.3 Å². The number of rotatable bonds is 4. The zero-order chi connectivity index (χ0) is 28.4. The molecule has 0 aromatic heterocycles. The molecule has 7 aromatic rings. The van der Waals surface area contributed by atoms with E-state index in [0.717, 1.165) is 6.42 Å². The molecule has 202 valence electrons. The van der Waals surface area contributed by atoms with Gasteiger partial charge in [-0.05, 0) is 83.6 Å². The normalized spacial score (nSPS) is 18.7. The molecular weight excluding hydrogens is 516 g/mol. The average Bonchev–Trinajstić information content (AvgIpc) is 3.83. The minimum atomic E-state index is -0.0121. The first-order valence-corrected chi connectivity index (χ1v) is 15.3. The molecule has 0 radical (unpaired) electrons. The lowest BCUT2D eigenvalue weighted by Gasteiger charge is -2.28. The quantitative estimate of drug-likeness (QED) is 0.193. The molecule has 0 amide bonds. The zero-order valence-electron chi connectivity index (χ0n) is 23.9. The van der Waals surface area contributed by atoms with Crippen LogP contribution in [0.3, 0.4) is 0 Å². The van der Waals surface area contributed by atoms with Gasteiger partial charge in [-0.15, -0.1) is 0 Å². The van der Waals surface area contributed by atoms with Crippen LogP contribution in [-0.2, 0) is 5.41 Å². The molecule has 0 saturated heterocycles. The maximum absolute atomic E-state index is 2.49. The summed E-state index contributed by atoms with van der Waals surface area (Å²) >= 11 is 0. The van der Waals surface area contributed by atoms with E-state index in [1.807, 2.05) is 0 Å². The summed E-state index contributed by atoms with van der Waals surface area (Å²) in [5, 5.41) is 8.03. The Morgan fingerprint density at radius 2 is 0.837 bits per heavy atom. The predicted octanol–water partition coefficient (Wildman–Crippen LogP) is 11.5. The molecule has 1 saturated carbocycles. The summed E-state index contributed by atoms with van der Waals surface area (Å²) in [7, 11) is 0. The highest BCUT2D eigenvalue weighted by Gasteiger charge is 2.54. The van der Waals surface area contributed by atoms with Crippen LogP contribution in [-0.4, -0.2) is 0 Å². The van der Waals surface area contributed by atoms with Gasteiger partial charge in [0, 0.05) is 5.41 Å². The third-order valence-corrected chi connectivity index (χ3v) is 9.74. The SMILES string of the molecule is C1=CC2CC2(c2c3ccccc3c(-c3ccccc3)c3c(-c4ccccc4)c4ccccc4c(-c4ccccc4)c23)C=C1. The second-order valence-electron chi connectivity index (χ2n) is 12.0. The summed E-state index contributed by atoms with van der Waals surface area (Å²) < 4.78 is 0. The van der Waals surface area contributed by atoms with Crippen LogP contribution in [0.2, 0.25) is 0 Å². The fraction of sp³-hybridized carbons (Fsp3) is 0.0698. The Morgan fingerprint density at radius 3 is 1.33 bits per heavy atom. The van der Waals surface area contributed by atoms with Gasteiger partial charge in [0.15, 0.2) is 0 Å². The van der Waals surface area contributed by atoms with Crippen molar-refractivity contribution in [3.05, 3.63) is 169 Å². The lowest BCUT2D eigenvalue weighted by Crippen LogP contribution is -2.11. The Balaban J connectivity index is 1.64. The fourth-order valence-electron chi connectivity index (χ4n) is 7.86. The molecule has 7 aromatic carbocycles. The standard InChI is InChI=1S/C43H30/c1-4-16-29(17-5-1)37-33-23-10-11-24-34(33)39(31-20-8-3-9-21-31)41-40(37)38(30-18-6-2-7-19-30)35-25-12-13-26-36(35)42(41)43-27-15-14-22-32(43)28-43/h1-27,32H,28H2. The van der Waals surface area contributed by atoms with Gasteiger partial charge in [-0.25, -0.2) is 0 Å². The van der Waals surface area contributed by atoms with Gasteiger partial charge >= 0.3 is 0 Å². The Labute approximate surface area is 252 Å². The van der Waals surface area contributed by atoms with Crippen LogP contribution in [0.5, 0.6) is 0 Å². The Hall–Kier alpha value is -5.20. The first-order valence-electron chi connectivity index (χ1n) is 15.3. The number of allylic oxidation sites excluding steroid dienone is 4. The third-order valence-electron chi connectivity index (χ3n) is 9.74. The van der Waals surface area contributed by atoms with Crippen LogP contribution < -0.4 is 0 Å². The molecule has 43 heavy (non-hydrogen) atoms. The molecule has 0 spiro atoms. The molecule has 0 heterocycles. The molecule has 0 N–H and O–H groups in total. The highest BCUT2D eigenvalue weighted by atomic mass is 14.6. The van der Waals surface area contributed by atoms with E-state index in [1.165, 1.54) is 71.3 Å². The highest BCUT2D eigenvalue weighted by molar-refractivity contribution is 6.30. The van der Waals surface area contributed by atoms with Crippen molar-refractivity contribution in [1.29, 1.82) is 0 Å². The fourth-order valence-corrected chi connectivity index (χ4v) is 7.86. The van der Waals surface area contributed by atoms with Crippen LogP contribution in [0, 0.1) is 5.92 Å². The van der Waals surface area contributed by atoms with Crippen molar-refractivity contribution in [2.75, 3.05) is 0 Å². The summed E-state index contributed by atoms with van der Waals surface area (Å²) in [6.07, 6.45) is 10.6. The maximum Gasteiger partial charge on any atom is 0.0217 e. The van der Waals surface area contributed by atoms with Crippen LogP contribution >= 0.6 is 0 Å². The molecule has 0 nitrogen and oxygen atoms in total. The van der Waals surface area contributed by atoms with E-state index in [-0.39, 0.29) is 5.41 Å². The number of hydrogen-bond acceptors (Lipinski definition) is 0. The van der Waals surface area contributed by atoms with Gasteiger partial charge < -0.3 is 0 Å². The molecule has 1 fully saturated rings. The molecule has 0 bridgehead atoms. The lowest BCUT2D eigenvalue weighted by molar-refractivity contribution is 0.834. The second-order valence-corrected chi connectivity index (χ2v) is 12.0. The van der Waals surface area contributed by atoms with E-state index in [2.05, 4.69) is 164 Å². The highest BCUT2D eigenvalue weighted by Crippen LogP contribution is 2.63. The zero-order valence-corrected chi connectivity index (χ0v) is 23.9. The maximum atomic E-state index is 2.49. The van der Waals surface area contributed by atoms with Gasteiger partial charge in [-0.1, -0.05) is 164 Å². The summed E-state index contributed by atoms with van der Waals surface area (Å²) in [5.41, 5.74) is 9.22. The van der Waals surface area contributed by atoms with E-state index in [1.54, 1.807) is 0 Å². The van der Waals surface area contributed by atoms with Crippen molar-refractivity contribution in [1.82, 2.24) is 0 Å². The molecule has 2 atom stereocenters. The summed E-state index contributed by atoms with van der Waals surface area (Å²) in [6, 6.07) is 51.4. The van der Waals surface area contributed by atoms with Crippen LogP contribution in [0.4, 0.5) is 0 Å². The molecule has 9 rings (SSSR count). The summed E-state index contributed by atoms with van der Waals surface area (Å²) in [4.78, 5) is 0. The summed E-state index contributed by atoms with van der Waals surface area (Å²) in [5.74, 6) is 0.516. The Bertz CT molecular complexity index is 2190. The minimum absolute atomic E-state index is 0.0121. The van der Waals surface area contributed by atoms with Gasteiger partial charge in [0.2, 0.25) is 0 Å². The topological polar surface area (TPSA) is 0 Å². The van der Waals surface area contributed by atoms with Crippen molar-refractivity contribution in [2.24, 2.45) is 5.92 Å². The van der Waals surface area contributed by atoms with Crippen LogP contribution in [0.25, 0.3) is 65.7 Å². The van der Waals surface area contributed by atoms with Gasteiger partial charge in [0.25, 0.3) is 0 Å². The summed E-state index contributed by atoms with van der Waals surface area (Å²) in [6.45, 7) is 0. The smallest absolute Gasteiger partial charge is 0.0217 e. The van der Waals surface area contributed by atoms with E-state index < -0.39 is 0 Å². The predicted molar refractivity (Wildman–Crippen MR) is 183 cm³/mol. The largest absolute Gasteiger partial charge is 0.0802 e. The molecule has 2 aliphatic rings. The van der Waals surface area contributed by atoms with Gasteiger partial charge in [-0.2, -0.15) is 0 Å². The van der Waals surface area contributed by atoms with Crippen molar-refractivity contribution in [3.63, 3.8) is 0 Å². The first kappa shape index (κ1) is 24.4. The van der Waals surface area contributed by atoms with E-state index in [4.69, 9.17) is 0 Å². The average molecular weight is 547 g/mol. The van der Waals surface area contributed by atoms with Crippen molar-refractivity contribution in [2.45, 2.75) is 11.8 Å². The molecule has 2 unspecified atom stereocenters. The molecular formula is C43H30. The third kappa shape index (κ3) is 3.57. The molecule has 0 aliphatic heterocycles. The van der Waals surface area contributed by atoms with Crippen molar-refractivity contribution in [3.8, 4) is 33.4 Å². The number of fused-ring (bicyclic) bond motifs is 4. The molecule has 2 aliphatic carbocycles. The Morgan fingerprint density at radius 1 is 0.419 bits per heavy atom. The van der Waals surface area contributed by atoms with Gasteiger partial charge in [-0.3, -0.25) is 0 Å². The number of benzene rings is 7. The van der Waals surface area contributed by atoms with Gasteiger partial charge in [0.05, 0.1) is 0 Å². The number of hydrogen-bond donors (Lipinski definition) is 0. The van der Waals surface area contributed by atoms with E-state index in [9.17, 15) is 0 Å². The molecule has 0 heteroatoms. The van der Waals surface area contributed by atoms with Gasteiger partial charge in [0.1, 0.15) is 0 Å².